The van der Waals surface area contributed by atoms with Gasteiger partial charge in [0.25, 0.3) is 0 Å². The van der Waals surface area contributed by atoms with Crippen molar-refractivity contribution >= 4 is 34.9 Å². The first kappa shape index (κ1) is 33.1. The maximum Gasteiger partial charge on any atom is 0.412 e. The molecule has 0 radical (unpaired) electrons. The lowest BCUT2D eigenvalue weighted by Gasteiger charge is -2.33. The van der Waals surface area contributed by atoms with E-state index in [-0.39, 0.29) is 18.2 Å². The SMILES string of the molecule is CN1CCN(CCCN(Cc2ccc(C(=O)Cc3cscc3NC(=O)OC(C)(C)C)nc2)C(=O)NCc2ccccc2)CC1. The largest absolute Gasteiger partial charge is 0.444 e. The zero-order valence-corrected chi connectivity index (χ0v) is 27.0. The van der Waals surface area contributed by atoms with E-state index in [1.807, 2.05) is 46.7 Å². The first-order chi connectivity index (χ1) is 21.1. The molecule has 2 aromatic heterocycles. The minimum Gasteiger partial charge on any atom is -0.444 e. The second-order valence-electron chi connectivity index (χ2n) is 12.2. The number of aromatic nitrogens is 1. The second kappa shape index (κ2) is 15.8. The number of rotatable bonds is 12. The summed E-state index contributed by atoms with van der Waals surface area (Å²) in [5, 5.41) is 9.41. The number of ether oxygens (including phenoxy) is 1. The van der Waals surface area contributed by atoms with Crippen molar-refractivity contribution < 1.29 is 19.1 Å². The molecule has 0 atom stereocenters. The van der Waals surface area contributed by atoms with Gasteiger partial charge in [-0.1, -0.05) is 36.4 Å². The highest BCUT2D eigenvalue weighted by molar-refractivity contribution is 7.08. The summed E-state index contributed by atoms with van der Waals surface area (Å²) < 4.78 is 5.33. The fourth-order valence-corrected chi connectivity index (χ4v) is 5.63. The molecular formula is C33H44N6O4S. The molecule has 10 nitrogen and oxygen atoms in total. The number of hydrogen-bond acceptors (Lipinski definition) is 8. The number of carbonyl (C=O) groups is 3. The first-order valence-electron chi connectivity index (χ1n) is 15.1. The average Bonchev–Trinajstić information content (AvgIpc) is 3.42. The molecule has 0 saturated carbocycles. The number of pyridine rings is 1. The van der Waals surface area contributed by atoms with Crippen LogP contribution in [-0.4, -0.2) is 89.5 Å². The molecule has 3 aromatic rings. The van der Waals surface area contributed by atoms with Gasteiger partial charge in [0.15, 0.2) is 5.78 Å². The Balaban J connectivity index is 1.35. The molecule has 11 heteroatoms. The predicted octanol–water partition coefficient (Wildman–Crippen LogP) is 5.26. The van der Waals surface area contributed by atoms with E-state index >= 15 is 0 Å². The van der Waals surface area contributed by atoms with E-state index in [1.54, 1.807) is 38.4 Å². The number of likely N-dealkylation sites (N-methyl/N-ethyl adjacent to an activating group) is 1. The Hall–Kier alpha value is -3.80. The zero-order chi connectivity index (χ0) is 31.5. The van der Waals surface area contributed by atoms with Crippen LogP contribution in [0.1, 0.15) is 54.4 Å². The molecule has 1 aromatic carbocycles. The summed E-state index contributed by atoms with van der Waals surface area (Å²) in [4.78, 5) is 49.6. The molecule has 4 rings (SSSR count). The van der Waals surface area contributed by atoms with Gasteiger partial charge in [0, 0.05) is 63.8 Å². The summed E-state index contributed by atoms with van der Waals surface area (Å²) in [6, 6.07) is 13.3. The molecule has 3 amide bonds. The monoisotopic (exact) mass is 620 g/mol. The maximum absolute atomic E-state index is 13.3. The van der Waals surface area contributed by atoms with Crippen LogP contribution in [0.25, 0.3) is 0 Å². The molecule has 0 unspecified atom stereocenters. The highest BCUT2D eigenvalue weighted by Gasteiger charge is 2.20. The summed E-state index contributed by atoms with van der Waals surface area (Å²) in [7, 11) is 2.15. The van der Waals surface area contributed by atoms with Crippen molar-refractivity contribution in [1.29, 1.82) is 0 Å². The van der Waals surface area contributed by atoms with Gasteiger partial charge in [-0.2, -0.15) is 0 Å². The lowest BCUT2D eigenvalue weighted by molar-refractivity contribution is 0.0635. The van der Waals surface area contributed by atoms with Gasteiger partial charge in [0.2, 0.25) is 0 Å². The van der Waals surface area contributed by atoms with E-state index in [9.17, 15) is 14.4 Å². The normalized spacial score (nSPS) is 14.2. The summed E-state index contributed by atoms with van der Waals surface area (Å²) >= 11 is 1.40. The Kier molecular flexibility index (Phi) is 11.9. The number of amides is 3. The molecular weight excluding hydrogens is 576 g/mol. The Bertz CT molecular complexity index is 1360. The van der Waals surface area contributed by atoms with Crippen molar-refractivity contribution in [3.8, 4) is 0 Å². The fourth-order valence-electron chi connectivity index (χ4n) is 4.84. The topological polar surface area (TPSA) is 107 Å². The Morgan fingerprint density at radius 2 is 1.75 bits per heavy atom. The minimum atomic E-state index is -0.621. The van der Waals surface area contributed by atoms with Gasteiger partial charge in [0.05, 0.1) is 5.69 Å². The zero-order valence-electron chi connectivity index (χ0n) is 26.2. The molecule has 0 spiro atoms. The van der Waals surface area contributed by atoms with Gasteiger partial charge in [-0.05, 0) is 68.9 Å². The molecule has 1 fully saturated rings. The predicted molar refractivity (Wildman–Crippen MR) is 174 cm³/mol. The van der Waals surface area contributed by atoms with Crippen LogP contribution < -0.4 is 10.6 Å². The van der Waals surface area contributed by atoms with Crippen LogP contribution in [0.15, 0.2) is 59.4 Å². The number of nitrogens with zero attached hydrogens (tertiary/aromatic N) is 4. The summed E-state index contributed by atoms with van der Waals surface area (Å²) in [5.74, 6) is -0.160. The summed E-state index contributed by atoms with van der Waals surface area (Å²) in [6.07, 6.45) is 2.07. The number of urea groups is 1. The number of Topliss-reactive ketones (excluding diaryl/α,β-unsaturated/α-hetero) is 1. The molecule has 1 saturated heterocycles. The van der Waals surface area contributed by atoms with Gasteiger partial charge in [-0.3, -0.25) is 15.1 Å². The van der Waals surface area contributed by atoms with Crippen molar-refractivity contribution in [3.63, 3.8) is 0 Å². The van der Waals surface area contributed by atoms with Gasteiger partial charge in [-0.15, -0.1) is 11.3 Å². The summed E-state index contributed by atoms with van der Waals surface area (Å²) in [6.45, 7) is 12.0. The van der Waals surface area contributed by atoms with Crippen LogP contribution in [0.3, 0.4) is 0 Å². The summed E-state index contributed by atoms with van der Waals surface area (Å²) in [5.41, 5.74) is 2.86. The number of ketones is 1. The Morgan fingerprint density at radius 1 is 1.00 bits per heavy atom. The molecule has 0 bridgehead atoms. The molecule has 236 valence electrons. The maximum atomic E-state index is 13.3. The van der Waals surface area contributed by atoms with Crippen LogP contribution >= 0.6 is 11.3 Å². The highest BCUT2D eigenvalue weighted by atomic mass is 32.1. The van der Waals surface area contributed by atoms with Gasteiger partial charge in [-0.25, -0.2) is 9.59 Å². The van der Waals surface area contributed by atoms with Crippen LogP contribution in [0.4, 0.5) is 15.3 Å². The van der Waals surface area contributed by atoms with E-state index in [4.69, 9.17) is 4.74 Å². The third-order valence-corrected chi connectivity index (χ3v) is 8.08. The molecule has 1 aliphatic rings. The molecule has 2 N–H and O–H groups in total. The second-order valence-corrected chi connectivity index (χ2v) is 12.9. The van der Waals surface area contributed by atoms with Gasteiger partial charge in [0.1, 0.15) is 11.3 Å². The quantitative estimate of drug-likeness (QED) is 0.266. The number of thiophene rings is 1. The molecule has 0 aliphatic carbocycles. The first-order valence-corrected chi connectivity index (χ1v) is 16.0. The van der Waals surface area contributed by atoms with Crippen molar-refractivity contribution in [2.45, 2.75) is 52.3 Å². The van der Waals surface area contributed by atoms with Crippen LogP contribution in [-0.2, 0) is 24.2 Å². The smallest absolute Gasteiger partial charge is 0.412 e. The van der Waals surface area contributed by atoms with Crippen LogP contribution in [0.5, 0.6) is 0 Å². The standard InChI is InChI=1S/C33H44N6O4S/c1-33(2,3)43-32(42)36-29-24-44-23-27(29)19-30(40)28-12-11-26(21-34-28)22-39(14-8-13-38-17-15-37(4)16-18-38)31(41)35-20-25-9-6-5-7-10-25/h5-7,9-12,21,23-24H,8,13-20,22H2,1-4H3,(H,35,41)(H,36,42). The third-order valence-electron chi connectivity index (χ3n) is 7.28. The molecule has 44 heavy (non-hydrogen) atoms. The lowest BCUT2D eigenvalue weighted by Crippen LogP contribution is -2.45. The Morgan fingerprint density at radius 3 is 2.43 bits per heavy atom. The number of anilines is 1. The van der Waals surface area contributed by atoms with Crippen molar-refractivity contribution in [1.82, 2.24) is 25.0 Å². The molecule has 3 heterocycles. The van der Waals surface area contributed by atoms with E-state index < -0.39 is 11.7 Å². The minimum absolute atomic E-state index is 0.0985. The van der Waals surface area contributed by atoms with E-state index in [0.29, 0.717) is 36.6 Å². The number of hydrogen-bond donors (Lipinski definition) is 2. The lowest BCUT2D eigenvalue weighted by atomic mass is 10.1. The average molecular weight is 621 g/mol. The number of piperazine rings is 1. The highest BCUT2D eigenvalue weighted by Crippen LogP contribution is 2.23. The third kappa shape index (κ3) is 10.7. The van der Waals surface area contributed by atoms with Crippen molar-refractivity contribution in [2.75, 3.05) is 51.6 Å². The van der Waals surface area contributed by atoms with E-state index in [0.717, 1.165) is 50.3 Å². The molecule has 1 aliphatic heterocycles. The van der Waals surface area contributed by atoms with Crippen LogP contribution in [0.2, 0.25) is 0 Å². The number of nitrogens with one attached hydrogen (secondary N) is 2. The van der Waals surface area contributed by atoms with Gasteiger partial charge >= 0.3 is 12.1 Å². The number of carbonyl (C=O) groups excluding carboxylic acids is 3. The number of benzene rings is 1. The fraction of sp³-hybridized carbons (Fsp3) is 0.455. The van der Waals surface area contributed by atoms with E-state index in [2.05, 4.69) is 32.5 Å². The Labute approximate surface area is 264 Å². The van der Waals surface area contributed by atoms with Crippen molar-refractivity contribution in [2.24, 2.45) is 0 Å². The van der Waals surface area contributed by atoms with E-state index in [1.165, 1.54) is 11.3 Å². The van der Waals surface area contributed by atoms with Gasteiger partial charge < -0.3 is 24.8 Å². The van der Waals surface area contributed by atoms with Crippen LogP contribution in [0, 0.1) is 0 Å². The van der Waals surface area contributed by atoms with Crippen molar-refractivity contribution in [3.05, 3.63) is 81.8 Å².